The first kappa shape index (κ1) is 12.1. The zero-order chi connectivity index (χ0) is 13.2. The highest BCUT2D eigenvalue weighted by Gasteiger charge is 2.17. The fraction of sp³-hybridized carbons (Fsp3) is 0.308. The lowest BCUT2D eigenvalue weighted by Crippen LogP contribution is -2.10. The van der Waals surface area contributed by atoms with Gasteiger partial charge in [0.25, 0.3) is 6.01 Å². The van der Waals surface area contributed by atoms with Crippen molar-refractivity contribution < 1.29 is 9.47 Å². The van der Waals surface area contributed by atoms with Gasteiger partial charge in [0, 0.05) is 0 Å². The van der Waals surface area contributed by atoms with E-state index < -0.39 is 0 Å². The summed E-state index contributed by atoms with van der Waals surface area (Å²) in [4.78, 5) is 11.2. The maximum Gasteiger partial charge on any atom is 0.297 e. The standard InChI is InChI=1S/C13H13N3O2S/c1-17-12-14-11(15-13(19)16-12)9-6-2-4-8-5-3-7-18-10(8)9/h2,4,6H,3,5,7H2,1H3,(H,14,15,16,19). The van der Waals surface area contributed by atoms with Gasteiger partial charge in [-0.05, 0) is 36.7 Å². The quantitative estimate of drug-likeness (QED) is 0.853. The number of H-pyrrole nitrogens is 1. The van der Waals surface area contributed by atoms with Crippen LogP contribution in [0.3, 0.4) is 0 Å². The Morgan fingerprint density at radius 3 is 3.11 bits per heavy atom. The topological polar surface area (TPSA) is 60.0 Å². The summed E-state index contributed by atoms with van der Waals surface area (Å²) in [7, 11) is 1.54. The highest BCUT2D eigenvalue weighted by atomic mass is 32.1. The molecule has 0 amide bonds. The number of benzene rings is 1. The molecule has 1 aliphatic rings. The number of hydrogen-bond acceptors (Lipinski definition) is 5. The summed E-state index contributed by atoms with van der Waals surface area (Å²) < 4.78 is 11.1. The molecule has 0 spiro atoms. The van der Waals surface area contributed by atoms with Gasteiger partial charge in [0.1, 0.15) is 11.6 Å². The molecule has 0 aliphatic carbocycles. The van der Waals surface area contributed by atoms with E-state index in [1.807, 2.05) is 12.1 Å². The lowest BCUT2D eigenvalue weighted by atomic mass is 10.0. The molecule has 0 radical (unpaired) electrons. The smallest absolute Gasteiger partial charge is 0.297 e. The van der Waals surface area contributed by atoms with Gasteiger partial charge in [-0.25, -0.2) is 0 Å². The number of aryl methyl sites for hydroxylation is 1. The number of nitrogens with one attached hydrogen (secondary N) is 1. The van der Waals surface area contributed by atoms with Crippen molar-refractivity contribution in [2.75, 3.05) is 13.7 Å². The maximum atomic E-state index is 5.77. The normalized spacial score (nSPS) is 13.5. The Kier molecular flexibility index (Phi) is 3.16. The summed E-state index contributed by atoms with van der Waals surface area (Å²) >= 11 is 5.05. The average Bonchev–Trinajstić information content (AvgIpc) is 2.46. The van der Waals surface area contributed by atoms with Gasteiger partial charge in [-0.3, -0.25) is 4.98 Å². The van der Waals surface area contributed by atoms with E-state index in [0.717, 1.165) is 30.8 Å². The fourth-order valence-corrected chi connectivity index (χ4v) is 2.34. The lowest BCUT2D eigenvalue weighted by molar-refractivity contribution is 0.289. The predicted molar refractivity (Wildman–Crippen MR) is 73.0 cm³/mol. The first-order valence-electron chi connectivity index (χ1n) is 6.05. The summed E-state index contributed by atoms with van der Waals surface area (Å²) in [5.74, 6) is 1.50. The molecule has 3 rings (SSSR count). The second-order valence-corrected chi connectivity index (χ2v) is 4.60. The Morgan fingerprint density at radius 2 is 2.26 bits per heavy atom. The molecule has 1 aliphatic heterocycles. The molecule has 0 saturated carbocycles. The van der Waals surface area contributed by atoms with Gasteiger partial charge in [0.05, 0.1) is 19.3 Å². The summed E-state index contributed by atoms with van der Waals surface area (Å²) in [5.41, 5.74) is 2.09. The second kappa shape index (κ2) is 4.97. The minimum atomic E-state index is 0.249. The number of para-hydroxylation sites is 1. The highest BCUT2D eigenvalue weighted by molar-refractivity contribution is 7.71. The van der Waals surface area contributed by atoms with Crippen molar-refractivity contribution in [3.8, 4) is 23.1 Å². The first-order valence-corrected chi connectivity index (χ1v) is 6.46. The van der Waals surface area contributed by atoms with Crippen molar-refractivity contribution in [3.05, 3.63) is 28.5 Å². The van der Waals surface area contributed by atoms with Crippen LogP contribution in [0.25, 0.3) is 11.4 Å². The Hall–Kier alpha value is -1.95. The maximum absolute atomic E-state index is 5.77. The monoisotopic (exact) mass is 275 g/mol. The van der Waals surface area contributed by atoms with Gasteiger partial charge >= 0.3 is 0 Å². The number of aromatic nitrogens is 3. The van der Waals surface area contributed by atoms with E-state index in [9.17, 15) is 0 Å². The molecule has 6 heteroatoms. The van der Waals surface area contributed by atoms with E-state index in [-0.39, 0.29) is 4.77 Å². The van der Waals surface area contributed by atoms with Crippen LogP contribution < -0.4 is 9.47 Å². The van der Waals surface area contributed by atoms with E-state index >= 15 is 0 Å². The molecule has 1 aromatic carbocycles. The molecule has 0 unspecified atom stereocenters. The van der Waals surface area contributed by atoms with Crippen LogP contribution in [0.2, 0.25) is 0 Å². The van der Waals surface area contributed by atoms with E-state index in [1.165, 1.54) is 12.7 Å². The van der Waals surface area contributed by atoms with Crippen molar-refractivity contribution in [2.24, 2.45) is 0 Å². The van der Waals surface area contributed by atoms with Gasteiger partial charge in [-0.1, -0.05) is 12.1 Å². The zero-order valence-corrected chi connectivity index (χ0v) is 11.3. The largest absolute Gasteiger partial charge is 0.493 e. The summed E-state index contributed by atoms with van der Waals surface area (Å²) in [6, 6.07) is 6.37. The minimum Gasteiger partial charge on any atom is -0.493 e. The molecule has 1 N–H and O–H groups in total. The number of methoxy groups -OCH3 is 1. The third kappa shape index (κ3) is 2.31. The van der Waals surface area contributed by atoms with Crippen LogP contribution in [0, 0.1) is 4.77 Å². The van der Waals surface area contributed by atoms with Gasteiger partial charge in [0.2, 0.25) is 4.77 Å². The Bertz CT molecular complexity index is 669. The molecule has 2 heterocycles. The summed E-state index contributed by atoms with van der Waals surface area (Å²) in [6.07, 6.45) is 2.06. The minimum absolute atomic E-state index is 0.249. The molecule has 98 valence electrons. The van der Waals surface area contributed by atoms with Gasteiger partial charge < -0.3 is 9.47 Å². The average molecular weight is 275 g/mol. The molecule has 0 atom stereocenters. The molecule has 5 nitrogen and oxygen atoms in total. The van der Waals surface area contributed by atoms with E-state index in [2.05, 4.69) is 21.0 Å². The SMILES string of the molecule is COc1nc(=S)nc(-c2cccc3c2OCCC3)[nH]1. The number of hydrogen-bond donors (Lipinski definition) is 1. The van der Waals surface area contributed by atoms with Gasteiger partial charge in [0.15, 0.2) is 0 Å². The summed E-state index contributed by atoms with van der Waals surface area (Å²) in [5, 5.41) is 0. The Labute approximate surface area is 115 Å². The van der Waals surface area contributed by atoms with E-state index in [0.29, 0.717) is 11.8 Å². The van der Waals surface area contributed by atoms with Crippen molar-refractivity contribution in [2.45, 2.75) is 12.8 Å². The van der Waals surface area contributed by atoms with Gasteiger partial charge in [-0.2, -0.15) is 9.97 Å². The van der Waals surface area contributed by atoms with Gasteiger partial charge in [-0.15, -0.1) is 0 Å². The van der Waals surface area contributed by atoms with Crippen LogP contribution in [-0.4, -0.2) is 28.7 Å². The molecular formula is C13H13N3O2S. The molecule has 0 fully saturated rings. The molecule has 0 saturated heterocycles. The van der Waals surface area contributed by atoms with E-state index in [1.54, 1.807) is 0 Å². The summed E-state index contributed by atoms with van der Waals surface area (Å²) in [6.45, 7) is 0.729. The molecular weight excluding hydrogens is 262 g/mol. The first-order chi connectivity index (χ1) is 9.28. The predicted octanol–water partition coefficient (Wildman–Crippen LogP) is 2.53. The van der Waals surface area contributed by atoms with Crippen LogP contribution in [-0.2, 0) is 6.42 Å². The van der Waals surface area contributed by atoms with Crippen molar-refractivity contribution >= 4 is 12.2 Å². The van der Waals surface area contributed by atoms with Crippen molar-refractivity contribution in [3.63, 3.8) is 0 Å². The second-order valence-electron chi connectivity index (χ2n) is 4.23. The van der Waals surface area contributed by atoms with Crippen LogP contribution in [0.1, 0.15) is 12.0 Å². The number of fused-ring (bicyclic) bond motifs is 1. The Balaban J connectivity index is 2.17. The van der Waals surface area contributed by atoms with E-state index in [4.69, 9.17) is 21.7 Å². The number of nitrogens with zero attached hydrogens (tertiary/aromatic N) is 2. The Morgan fingerprint density at radius 1 is 1.37 bits per heavy atom. The fourth-order valence-electron chi connectivity index (χ4n) is 2.16. The number of aromatic amines is 1. The molecule has 19 heavy (non-hydrogen) atoms. The van der Waals surface area contributed by atoms with Crippen LogP contribution in [0.4, 0.5) is 0 Å². The third-order valence-corrected chi connectivity index (χ3v) is 3.19. The third-order valence-electron chi connectivity index (χ3n) is 3.01. The molecule has 2 aromatic rings. The van der Waals surface area contributed by atoms with Crippen LogP contribution >= 0.6 is 12.2 Å². The molecule has 0 bridgehead atoms. The van der Waals surface area contributed by atoms with Crippen molar-refractivity contribution in [1.82, 2.24) is 15.0 Å². The lowest BCUT2D eigenvalue weighted by Gasteiger charge is -2.19. The highest BCUT2D eigenvalue weighted by Crippen LogP contribution is 2.34. The zero-order valence-electron chi connectivity index (χ0n) is 10.5. The van der Waals surface area contributed by atoms with Crippen LogP contribution in [0.5, 0.6) is 11.8 Å². The molecule has 1 aromatic heterocycles. The number of ether oxygens (including phenoxy) is 2. The van der Waals surface area contributed by atoms with Crippen LogP contribution in [0.15, 0.2) is 18.2 Å². The number of rotatable bonds is 2. The van der Waals surface area contributed by atoms with Crippen molar-refractivity contribution in [1.29, 1.82) is 0 Å².